The van der Waals surface area contributed by atoms with Crippen molar-refractivity contribution in [2.24, 2.45) is 0 Å². The first kappa shape index (κ1) is 19.8. The minimum atomic E-state index is -2.89. The van der Waals surface area contributed by atoms with E-state index in [1.165, 1.54) is 16.8 Å². The van der Waals surface area contributed by atoms with Crippen LogP contribution in [0.25, 0.3) is 5.69 Å². The molecule has 3 aromatic rings. The van der Waals surface area contributed by atoms with Gasteiger partial charge in [-0.25, -0.2) is 4.68 Å². The van der Waals surface area contributed by atoms with Crippen molar-refractivity contribution in [2.45, 2.75) is 26.9 Å². The first-order valence-electron chi connectivity index (χ1n) is 8.46. The van der Waals surface area contributed by atoms with Crippen molar-refractivity contribution in [1.82, 2.24) is 15.0 Å². The first-order chi connectivity index (χ1) is 13.4. The molecule has 1 amide bonds. The van der Waals surface area contributed by atoms with Gasteiger partial charge in [0.1, 0.15) is 5.75 Å². The third-order valence-corrected chi connectivity index (χ3v) is 4.29. The summed E-state index contributed by atoms with van der Waals surface area (Å²) in [5, 5.41) is 11.4. The number of anilines is 1. The Kier molecular flexibility index (Phi) is 5.89. The number of nitrogens with zero attached hydrogens (tertiary/aromatic N) is 3. The van der Waals surface area contributed by atoms with Crippen molar-refractivity contribution in [3.8, 4) is 11.4 Å². The Morgan fingerprint density at radius 3 is 2.57 bits per heavy atom. The van der Waals surface area contributed by atoms with Gasteiger partial charge in [-0.15, -0.1) is 5.10 Å². The summed E-state index contributed by atoms with van der Waals surface area (Å²) in [5.41, 5.74) is 2.80. The molecule has 3 rings (SSSR count). The van der Waals surface area contributed by atoms with Crippen LogP contribution >= 0.6 is 11.6 Å². The maximum atomic E-state index is 12.7. The third kappa shape index (κ3) is 4.28. The Morgan fingerprint density at radius 2 is 1.96 bits per heavy atom. The minimum Gasteiger partial charge on any atom is -0.435 e. The molecule has 0 aliphatic heterocycles. The van der Waals surface area contributed by atoms with Crippen molar-refractivity contribution in [3.05, 3.63) is 64.4 Å². The predicted octanol–water partition coefficient (Wildman–Crippen LogP) is 4.65. The number of rotatable bonds is 6. The molecule has 1 aromatic heterocycles. The highest BCUT2D eigenvalue weighted by Gasteiger charge is 2.20. The molecular weight excluding hydrogens is 390 g/mol. The summed E-state index contributed by atoms with van der Waals surface area (Å²) >= 11 is 5.94. The van der Waals surface area contributed by atoms with Gasteiger partial charge in [0, 0.05) is 10.7 Å². The van der Waals surface area contributed by atoms with E-state index in [1.54, 1.807) is 30.3 Å². The van der Waals surface area contributed by atoms with E-state index in [0.29, 0.717) is 28.5 Å². The number of amides is 1. The summed E-state index contributed by atoms with van der Waals surface area (Å²) in [6.45, 7) is 0.811. The fourth-order valence-electron chi connectivity index (χ4n) is 2.72. The molecular formula is C19H17ClF2N4O2. The van der Waals surface area contributed by atoms with Gasteiger partial charge in [0.05, 0.1) is 11.4 Å². The second-order valence-electron chi connectivity index (χ2n) is 5.94. The fourth-order valence-corrected chi connectivity index (χ4v) is 2.95. The maximum Gasteiger partial charge on any atom is 0.387 e. The van der Waals surface area contributed by atoms with Gasteiger partial charge in [0.15, 0.2) is 5.69 Å². The number of aromatic nitrogens is 3. The fraction of sp³-hybridized carbons (Fsp3) is 0.211. The zero-order valence-corrected chi connectivity index (χ0v) is 15.9. The molecule has 0 fully saturated rings. The number of carbonyl (C=O) groups is 1. The van der Waals surface area contributed by atoms with Crippen LogP contribution in [-0.2, 0) is 6.42 Å². The molecule has 0 radical (unpaired) electrons. The average molecular weight is 407 g/mol. The second-order valence-corrected chi connectivity index (χ2v) is 6.37. The highest BCUT2D eigenvalue weighted by atomic mass is 35.5. The Balaban J connectivity index is 1.86. The van der Waals surface area contributed by atoms with E-state index in [9.17, 15) is 13.6 Å². The molecule has 0 saturated carbocycles. The van der Waals surface area contributed by atoms with Crippen molar-refractivity contribution in [2.75, 3.05) is 5.32 Å². The molecule has 28 heavy (non-hydrogen) atoms. The highest BCUT2D eigenvalue weighted by molar-refractivity contribution is 6.30. The number of benzene rings is 2. The lowest BCUT2D eigenvalue weighted by Crippen LogP contribution is -2.16. The first-order valence-corrected chi connectivity index (χ1v) is 8.84. The van der Waals surface area contributed by atoms with Crippen LogP contribution in [0.5, 0.6) is 5.75 Å². The molecule has 1 heterocycles. The lowest BCUT2D eigenvalue weighted by Gasteiger charge is -2.09. The summed E-state index contributed by atoms with van der Waals surface area (Å²) in [6.07, 6.45) is 0.491. The van der Waals surface area contributed by atoms with Crippen molar-refractivity contribution < 1.29 is 18.3 Å². The largest absolute Gasteiger partial charge is 0.435 e. The van der Waals surface area contributed by atoms with Crippen molar-refractivity contribution in [1.29, 1.82) is 0 Å². The van der Waals surface area contributed by atoms with Gasteiger partial charge in [-0.05, 0) is 61.4 Å². The number of alkyl halides is 2. The predicted molar refractivity (Wildman–Crippen MR) is 102 cm³/mol. The Morgan fingerprint density at radius 1 is 1.25 bits per heavy atom. The van der Waals surface area contributed by atoms with E-state index >= 15 is 0 Å². The Labute approximate surface area is 165 Å². The van der Waals surface area contributed by atoms with Gasteiger partial charge in [-0.2, -0.15) is 8.78 Å². The molecule has 0 atom stereocenters. The van der Waals surface area contributed by atoms with Gasteiger partial charge >= 0.3 is 6.61 Å². The molecule has 6 nitrogen and oxygen atoms in total. The topological polar surface area (TPSA) is 69.0 Å². The lowest BCUT2D eigenvalue weighted by molar-refractivity contribution is -0.0498. The lowest BCUT2D eigenvalue weighted by atomic mass is 10.2. The van der Waals surface area contributed by atoms with Crippen LogP contribution in [0.3, 0.4) is 0 Å². The molecule has 0 spiro atoms. The molecule has 2 aromatic carbocycles. The summed E-state index contributed by atoms with van der Waals surface area (Å²) < 4.78 is 30.4. The highest BCUT2D eigenvalue weighted by Crippen LogP contribution is 2.22. The molecule has 1 N–H and O–H groups in total. The Bertz CT molecular complexity index is 990. The Hall–Kier alpha value is -3.00. The van der Waals surface area contributed by atoms with Gasteiger partial charge in [0.25, 0.3) is 5.91 Å². The molecule has 0 aliphatic carbocycles. The smallest absolute Gasteiger partial charge is 0.387 e. The van der Waals surface area contributed by atoms with E-state index in [1.807, 2.05) is 13.8 Å². The van der Waals surface area contributed by atoms with E-state index in [2.05, 4.69) is 20.4 Å². The zero-order valence-electron chi connectivity index (χ0n) is 15.1. The minimum absolute atomic E-state index is 0.0353. The second kappa shape index (κ2) is 8.35. The summed E-state index contributed by atoms with van der Waals surface area (Å²) in [5.74, 6) is -0.362. The molecule has 0 bridgehead atoms. The monoisotopic (exact) mass is 406 g/mol. The molecule has 9 heteroatoms. The van der Waals surface area contributed by atoms with Gasteiger partial charge < -0.3 is 10.1 Å². The zero-order chi connectivity index (χ0) is 20.3. The van der Waals surface area contributed by atoms with E-state index in [0.717, 1.165) is 5.56 Å². The quantitative estimate of drug-likeness (QED) is 0.647. The van der Waals surface area contributed by atoms with E-state index in [-0.39, 0.29) is 11.4 Å². The summed E-state index contributed by atoms with van der Waals surface area (Å²) in [4.78, 5) is 12.7. The van der Waals surface area contributed by atoms with Gasteiger partial charge in [0.2, 0.25) is 0 Å². The number of aryl methyl sites for hydroxylation is 1. The molecule has 0 aliphatic rings. The average Bonchev–Trinajstić information content (AvgIpc) is 3.08. The van der Waals surface area contributed by atoms with Crippen LogP contribution in [0.1, 0.15) is 28.7 Å². The standard InChI is InChI=1S/C19H17ClF2N4O2/c1-3-16-17(18(27)23-15-9-4-12(20)10-11(15)2)24-25-26(16)13-5-7-14(8-6-13)28-19(21)22/h4-10,19H,3H2,1-2H3,(H,23,27). The van der Waals surface area contributed by atoms with Gasteiger partial charge in [-0.1, -0.05) is 23.7 Å². The van der Waals surface area contributed by atoms with Gasteiger partial charge in [-0.3, -0.25) is 4.79 Å². The molecule has 0 saturated heterocycles. The maximum absolute atomic E-state index is 12.7. The third-order valence-electron chi connectivity index (χ3n) is 4.06. The van der Waals surface area contributed by atoms with E-state index < -0.39 is 12.5 Å². The number of halogens is 3. The summed E-state index contributed by atoms with van der Waals surface area (Å²) in [7, 11) is 0. The van der Waals surface area contributed by atoms with Crippen LogP contribution < -0.4 is 10.1 Å². The van der Waals surface area contributed by atoms with Crippen LogP contribution in [0.15, 0.2) is 42.5 Å². The molecule has 146 valence electrons. The van der Waals surface area contributed by atoms with E-state index in [4.69, 9.17) is 11.6 Å². The van der Waals surface area contributed by atoms with Crippen molar-refractivity contribution >= 4 is 23.2 Å². The van der Waals surface area contributed by atoms with Crippen molar-refractivity contribution in [3.63, 3.8) is 0 Å². The van der Waals surface area contributed by atoms with Crippen LogP contribution in [0.4, 0.5) is 14.5 Å². The molecule has 0 unspecified atom stereocenters. The number of nitrogens with one attached hydrogen (secondary N) is 1. The van der Waals surface area contributed by atoms with Crippen LogP contribution in [0.2, 0.25) is 5.02 Å². The summed E-state index contributed by atoms with van der Waals surface area (Å²) in [6, 6.07) is 11.1. The number of carbonyl (C=O) groups excluding carboxylic acids is 1. The van der Waals surface area contributed by atoms with Crippen LogP contribution in [0, 0.1) is 6.92 Å². The number of hydrogen-bond donors (Lipinski definition) is 1. The number of hydrogen-bond acceptors (Lipinski definition) is 4. The number of ether oxygens (including phenoxy) is 1. The SMILES string of the molecule is CCc1c(C(=O)Nc2ccc(Cl)cc2C)nnn1-c1ccc(OC(F)F)cc1. The van der Waals surface area contributed by atoms with Crippen LogP contribution in [-0.4, -0.2) is 27.5 Å². The normalized spacial score (nSPS) is 10.9.